The molecule has 4 aromatic rings. The summed E-state index contributed by atoms with van der Waals surface area (Å²) >= 11 is 0. The van der Waals surface area contributed by atoms with Crippen LogP contribution in [0.4, 0.5) is 16.0 Å². The minimum absolute atomic E-state index is 0.00750. The molecule has 0 aliphatic carbocycles. The number of alkyl halides is 1. The largest absolute Gasteiger partial charge is 0.478 e. The summed E-state index contributed by atoms with van der Waals surface area (Å²) in [5.74, 6) is -0.738. The van der Waals surface area contributed by atoms with Crippen LogP contribution in [-0.2, 0) is 50.8 Å². The zero-order chi connectivity index (χ0) is 37.2. The number of hydrogen-bond donors (Lipinski definition) is 4. The molecule has 3 aliphatic rings. The highest BCUT2D eigenvalue weighted by molar-refractivity contribution is 7.48. The van der Waals surface area contributed by atoms with Gasteiger partial charge in [-0.1, -0.05) is 0 Å². The topological polar surface area (TPSA) is 305 Å². The van der Waals surface area contributed by atoms with E-state index in [4.69, 9.17) is 48.3 Å². The number of rotatable bonds is 5. The average Bonchev–Trinajstić information content (AvgIpc) is 3.84. The Morgan fingerprint density at radius 3 is 2.10 bits per heavy atom. The molecule has 4 unspecified atom stereocenters. The number of hydrogen-bond acceptors (Lipinski definition) is 20. The molecule has 0 radical (unpaired) electrons. The maximum atomic E-state index is 16.2. The van der Waals surface area contributed by atoms with Crippen LogP contribution in [0.3, 0.4) is 0 Å². The van der Waals surface area contributed by atoms with Crippen LogP contribution < -0.4 is 11.5 Å². The molecule has 2 bridgehead atoms. The first kappa shape index (κ1) is 36.6. The molecule has 4 aromatic heterocycles. The van der Waals surface area contributed by atoms with Crippen LogP contribution in [0.5, 0.6) is 0 Å². The molecule has 282 valence electrons. The van der Waals surface area contributed by atoms with Gasteiger partial charge in [0.05, 0.1) is 31.3 Å². The van der Waals surface area contributed by atoms with Crippen LogP contribution in [0, 0.1) is 5.41 Å². The van der Waals surface area contributed by atoms with E-state index < -0.39 is 96.2 Å². The number of phosphoric ester groups is 2. The van der Waals surface area contributed by atoms with Crippen LogP contribution in [0.1, 0.15) is 33.2 Å². The third-order valence-corrected chi connectivity index (χ3v) is 10.6. The summed E-state index contributed by atoms with van der Waals surface area (Å²) in [6, 6.07) is 0. The lowest BCUT2D eigenvalue weighted by atomic mass is 9.98. The number of anilines is 2. The Morgan fingerprint density at radius 1 is 0.904 bits per heavy atom. The van der Waals surface area contributed by atoms with Crippen molar-refractivity contribution in [3.05, 3.63) is 25.3 Å². The van der Waals surface area contributed by atoms with Crippen molar-refractivity contribution >= 4 is 55.6 Å². The number of carbonyl (C=O) groups excluding carboxylic acids is 1. The van der Waals surface area contributed by atoms with Gasteiger partial charge in [-0.05, 0) is 20.8 Å². The summed E-state index contributed by atoms with van der Waals surface area (Å²) in [5, 5.41) is 11.4. The van der Waals surface area contributed by atoms with Crippen LogP contribution in [0.15, 0.2) is 25.3 Å². The molecule has 52 heavy (non-hydrogen) atoms. The Hall–Kier alpha value is -3.80. The number of esters is 1. The fourth-order valence-electron chi connectivity index (χ4n) is 5.61. The molecule has 3 saturated heterocycles. The number of phosphoric acid groups is 2. The van der Waals surface area contributed by atoms with E-state index in [-0.39, 0.29) is 34.0 Å². The van der Waals surface area contributed by atoms with Gasteiger partial charge in [-0.3, -0.25) is 32.0 Å². The fraction of sp³-hybridized carbons (Fsp3) is 0.577. The van der Waals surface area contributed by atoms with E-state index in [1.54, 1.807) is 20.8 Å². The number of halogens is 1. The van der Waals surface area contributed by atoms with Gasteiger partial charge in [-0.2, -0.15) is 0 Å². The highest BCUT2D eigenvalue weighted by Gasteiger charge is 2.55. The molecule has 6 N–H and O–H groups in total. The number of aliphatic hydroxyl groups is 1. The second-order valence-electron chi connectivity index (χ2n) is 12.8. The zero-order valence-electron chi connectivity index (χ0n) is 27.4. The average molecular weight is 775 g/mol. The Morgan fingerprint density at radius 2 is 1.48 bits per heavy atom. The quantitative estimate of drug-likeness (QED) is 0.124. The van der Waals surface area contributed by atoms with Gasteiger partial charge in [0.1, 0.15) is 54.2 Å². The second-order valence-corrected chi connectivity index (χ2v) is 15.8. The fourth-order valence-corrected chi connectivity index (χ4v) is 7.80. The van der Waals surface area contributed by atoms with Crippen molar-refractivity contribution in [1.29, 1.82) is 0 Å². The predicted octanol–water partition coefficient (Wildman–Crippen LogP) is 0.914. The standard InChI is InChI=1S/C26H33FN10O13P2/c1-26(2,3)25(39)43-10-46-52(42)45-5-12-17(13(27)23(48-12)36-8-34-14-19(28)30-6-32-21(14)36)49-51(40,41)44-4-11-16(38)18(50-52)24(47-11)37-9-35-15-20(29)31-7-33-22(15)37/h6-9,11-13,16-18,23-24,38H,4-5,10H2,1-3H3,(H,40,41)(H2,28,30,32)(H2,29,31,33)/t11-,12-,13+,16?,17?,18+,23-,24-,52?/m1/s1. The minimum atomic E-state index is -5.17. The van der Waals surface area contributed by atoms with Crippen molar-refractivity contribution < 1.29 is 65.1 Å². The van der Waals surface area contributed by atoms with Gasteiger partial charge in [-0.15, -0.1) is 0 Å². The maximum Gasteiger partial charge on any atom is 0.478 e. The smallest absolute Gasteiger partial charge is 0.437 e. The number of ether oxygens (including phenoxy) is 3. The lowest BCUT2D eigenvalue weighted by Crippen LogP contribution is -2.36. The molecule has 26 heteroatoms. The van der Waals surface area contributed by atoms with Gasteiger partial charge in [0.15, 0.2) is 41.6 Å². The van der Waals surface area contributed by atoms with Crippen molar-refractivity contribution in [2.24, 2.45) is 5.41 Å². The van der Waals surface area contributed by atoms with Crippen molar-refractivity contribution in [3.63, 3.8) is 0 Å². The number of aromatic nitrogens is 8. The Bertz CT molecular complexity index is 2080. The van der Waals surface area contributed by atoms with Gasteiger partial charge in [0.2, 0.25) is 6.79 Å². The Kier molecular flexibility index (Phi) is 9.53. The first-order chi connectivity index (χ1) is 24.6. The molecule has 0 saturated carbocycles. The molecular formula is C26H33FN10O13P2. The zero-order valence-corrected chi connectivity index (χ0v) is 29.2. The van der Waals surface area contributed by atoms with E-state index in [0.29, 0.717) is 0 Å². The number of imidazole rings is 2. The summed E-state index contributed by atoms with van der Waals surface area (Å²) in [6.07, 6.45) is -9.04. The number of aliphatic hydroxyl groups excluding tert-OH is 1. The Balaban J connectivity index is 1.23. The molecule has 0 amide bonds. The second kappa shape index (κ2) is 13.6. The van der Waals surface area contributed by atoms with Gasteiger partial charge < -0.3 is 35.7 Å². The molecule has 10 atom stereocenters. The van der Waals surface area contributed by atoms with Crippen LogP contribution in [0.2, 0.25) is 0 Å². The number of nitrogens with zero attached hydrogens (tertiary/aromatic N) is 8. The van der Waals surface area contributed by atoms with E-state index in [0.717, 1.165) is 23.5 Å². The third kappa shape index (κ3) is 6.87. The van der Waals surface area contributed by atoms with E-state index in [1.807, 2.05) is 0 Å². The van der Waals surface area contributed by atoms with Crippen LogP contribution >= 0.6 is 15.6 Å². The van der Waals surface area contributed by atoms with Gasteiger partial charge in [-0.25, -0.2) is 47.9 Å². The number of nitrogens with two attached hydrogens (primary N) is 2. The molecule has 3 fully saturated rings. The summed E-state index contributed by atoms with van der Waals surface area (Å²) in [5.41, 5.74) is 11.2. The van der Waals surface area contributed by atoms with E-state index in [1.165, 1.54) is 10.9 Å². The molecule has 0 spiro atoms. The van der Waals surface area contributed by atoms with Crippen molar-refractivity contribution in [1.82, 2.24) is 39.0 Å². The van der Waals surface area contributed by atoms with Gasteiger partial charge >= 0.3 is 21.6 Å². The summed E-state index contributed by atoms with van der Waals surface area (Å²) in [6.45, 7) is 2.04. The van der Waals surface area contributed by atoms with Crippen molar-refractivity contribution in [2.45, 2.75) is 69.9 Å². The van der Waals surface area contributed by atoms with Crippen molar-refractivity contribution in [3.8, 4) is 0 Å². The highest BCUT2D eigenvalue weighted by atomic mass is 31.2. The summed E-state index contributed by atoms with van der Waals surface area (Å²) < 4.78 is 90.6. The van der Waals surface area contributed by atoms with E-state index >= 15 is 4.39 Å². The summed E-state index contributed by atoms with van der Waals surface area (Å²) in [7, 11) is -10.2. The SMILES string of the molecule is CC(C)(C)C(=O)OCOP1(=O)OC[C@H]2O[C@@H](n3cnc4c(N)ncnc43)[C@@H](F)C2OP(=O)(O)OC[C@H]2O[C@@H](n3cnc4c(N)ncnc43)[C@@H](O1)C2O. The first-order valence-electron chi connectivity index (χ1n) is 15.4. The predicted molar refractivity (Wildman–Crippen MR) is 169 cm³/mol. The molecular weight excluding hydrogens is 741 g/mol. The van der Waals surface area contributed by atoms with Crippen LogP contribution in [-0.4, -0.2) is 112 Å². The van der Waals surface area contributed by atoms with E-state index in [9.17, 15) is 23.9 Å². The third-order valence-electron chi connectivity index (χ3n) is 8.22. The lowest BCUT2D eigenvalue weighted by molar-refractivity contribution is -0.161. The number of fused-ring (bicyclic) bond motifs is 5. The number of carbonyl (C=O) groups is 1. The Labute approximate surface area is 291 Å². The lowest BCUT2D eigenvalue weighted by Gasteiger charge is -2.27. The summed E-state index contributed by atoms with van der Waals surface area (Å²) in [4.78, 5) is 47.4. The molecule has 7 rings (SSSR count). The normalized spacial score (nSPS) is 34.4. The van der Waals surface area contributed by atoms with Crippen LogP contribution in [0.25, 0.3) is 22.3 Å². The number of nitrogen functional groups attached to an aromatic ring is 2. The molecule has 23 nitrogen and oxygen atoms in total. The first-order valence-corrected chi connectivity index (χ1v) is 18.4. The highest BCUT2D eigenvalue weighted by Crippen LogP contribution is 2.56. The molecule has 0 aromatic carbocycles. The van der Waals surface area contributed by atoms with Gasteiger partial charge in [0, 0.05) is 0 Å². The minimum Gasteiger partial charge on any atom is -0.437 e. The molecule has 3 aliphatic heterocycles. The monoisotopic (exact) mass is 774 g/mol. The maximum absolute atomic E-state index is 16.2. The van der Waals surface area contributed by atoms with Crippen molar-refractivity contribution in [2.75, 3.05) is 31.5 Å². The van der Waals surface area contributed by atoms with E-state index in [2.05, 4.69) is 29.9 Å². The van der Waals surface area contributed by atoms with Gasteiger partial charge in [0.25, 0.3) is 0 Å². The molecule has 7 heterocycles.